The van der Waals surface area contributed by atoms with Crippen molar-refractivity contribution in [2.24, 2.45) is 5.73 Å². The van der Waals surface area contributed by atoms with E-state index in [2.05, 4.69) is 5.32 Å². The lowest BCUT2D eigenvalue weighted by atomic mass is 10.2. The summed E-state index contributed by atoms with van der Waals surface area (Å²) in [6.07, 6.45) is 4.03. The van der Waals surface area contributed by atoms with Gasteiger partial charge in [0.2, 0.25) is 5.91 Å². The molecule has 4 nitrogen and oxygen atoms in total. The van der Waals surface area contributed by atoms with Crippen molar-refractivity contribution in [3.8, 4) is 0 Å². The van der Waals surface area contributed by atoms with Crippen molar-refractivity contribution < 1.29 is 9.53 Å². The number of thiocarbonyl (C=S) groups is 1. The lowest BCUT2D eigenvalue weighted by Crippen LogP contribution is -2.25. The molecule has 3 N–H and O–H groups in total. The average molecular weight is 246 g/mol. The number of nitrogens with two attached hydrogens (primary N) is 1. The first-order valence-electron chi connectivity index (χ1n) is 5.64. The number of unbranched alkanes of at least 4 members (excludes halogenated alkanes) is 1. The normalized spacial score (nSPS) is 12.1. The number of rotatable bonds is 9. The highest BCUT2D eigenvalue weighted by Gasteiger charge is 2.04. The Morgan fingerprint density at radius 1 is 1.44 bits per heavy atom. The van der Waals surface area contributed by atoms with Gasteiger partial charge >= 0.3 is 0 Å². The standard InChI is InChI=1S/C11H22N2O2S/c1-9(15-2)6-7-11(14)13-8-4-3-5-10(12)16/h9H,3-8H2,1-2H3,(H2,12,16)(H,13,14). The van der Waals surface area contributed by atoms with Gasteiger partial charge in [-0.15, -0.1) is 0 Å². The van der Waals surface area contributed by atoms with Crippen LogP contribution in [0.3, 0.4) is 0 Å². The highest BCUT2D eigenvalue weighted by Crippen LogP contribution is 2.00. The first-order chi connectivity index (χ1) is 7.56. The molecule has 0 rings (SSSR count). The summed E-state index contributed by atoms with van der Waals surface area (Å²) in [4.78, 5) is 11.9. The largest absolute Gasteiger partial charge is 0.393 e. The summed E-state index contributed by atoms with van der Waals surface area (Å²) in [5, 5.41) is 2.86. The van der Waals surface area contributed by atoms with Crippen molar-refractivity contribution in [3.05, 3.63) is 0 Å². The highest BCUT2D eigenvalue weighted by atomic mass is 32.1. The Morgan fingerprint density at radius 3 is 2.69 bits per heavy atom. The van der Waals surface area contributed by atoms with Crippen LogP contribution in [0.1, 0.15) is 39.0 Å². The molecule has 1 amide bonds. The summed E-state index contributed by atoms with van der Waals surface area (Å²) in [5.74, 6) is 0.0826. The Labute approximate surface area is 103 Å². The molecule has 0 aliphatic rings. The first-order valence-corrected chi connectivity index (χ1v) is 6.05. The second-order valence-corrected chi connectivity index (χ2v) is 4.38. The van der Waals surface area contributed by atoms with Gasteiger partial charge in [0.1, 0.15) is 0 Å². The van der Waals surface area contributed by atoms with Crippen LogP contribution in [-0.2, 0) is 9.53 Å². The topological polar surface area (TPSA) is 64.3 Å². The van der Waals surface area contributed by atoms with Crippen LogP contribution in [0.5, 0.6) is 0 Å². The van der Waals surface area contributed by atoms with Gasteiger partial charge in [0.15, 0.2) is 0 Å². The number of amides is 1. The van der Waals surface area contributed by atoms with Crippen molar-refractivity contribution in [1.29, 1.82) is 0 Å². The third kappa shape index (κ3) is 9.86. The van der Waals surface area contributed by atoms with E-state index in [0.717, 1.165) is 25.7 Å². The molecule has 1 unspecified atom stereocenters. The molecule has 5 heteroatoms. The second kappa shape index (κ2) is 9.54. The molecule has 0 heterocycles. The predicted octanol–water partition coefficient (Wildman–Crippen LogP) is 1.37. The summed E-state index contributed by atoms with van der Waals surface area (Å²) in [5.41, 5.74) is 5.36. The molecule has 0 radical (unpaired) electrons. The Hall–Kier alpha value is -0.680. The number of methoxy groups -OCH3 is 1. The molecule has 0 spiro atoms. The molecule has 0 bridgehead atoms. The van der Waals surface area contributed by atoms with Gasteiger partial charge in [-0.3, -0.25) is 4.79 Å². The maximum absolute atomic E-state index is 11.3. The fourth-order valence-corrected chi connectivity index (χ4v) is 1.34. The van der Waals surface area contributed by atoms with E-state index in [4.69, 9.17) is 22.7 Å². The number of nitrogens with one attached hydrogen (secondary N) is 1. The number of ether oxygens (including phenoxy) is 1. The lowest BCUT2D eigenvalue weighted by Gasteiger charge is -2.09. The van der Waals surface area contributed by atoms with E-state index in [1.165, 1.54) is 0 Å². The zero-order valence-electron chi connectivity index (χ0n) is 10.1. The quantitative estimate of drug-likeness (QED) is 0.476. The van der Waals surface area contributed by atoms with E-state index in [1.54, 1.807) is 7.11 Å². The Balaban J connectivity index is 3.33. The molecule has 1 atom stereocenters. The molecular formula is C11H22N2O2S. The van der Waals surface area contributed by atoms with Crippen molar-refractivity contribution in [3.63, 3.8) is 0 Å². The number of hydrogen-bond donors (Lipinski definition) is 2. The monoisotopic (exact) mass is 246 g/mol. The van der Waals surface area contributed by atoms with E-state index >= 15 is 0 Å². The Morgan fingerprint density at radius 2 is 2.12 bits per heavy atom. The summed E-state index contributed by atoms with van der Waals surface area (Å²) in [7, 11) is 1.65. The van der Waals surface area contributed by atoms with Crippen LogP contribution >= 0.6 is 12.2 Å². The van der Waals surface area contributed by atoms with E-state index < -0.39 is 0 Å². The molecule has 0 aromatic heterocycles. The van der Waals surface area contributed by atoms with Crippen molar-refractivity contribution in [2.75, 3.05) is 13.7 Å². The van der Waals surface area contributed by atoms with Crippen LogP contribution in [0.15, 0.2) is 0 Å². The fraction of sp³-hybridized carbons (Fsp3) is 0.818. The fourth-order valence-electron chi connectivity index (χ4n) is 1.19. The van der Waals surface area contributed by atoms with Crippen LogP contribution < -0.4 is 11.1 Å². The van der Waals surface area contributed by atoms with Gasteiger partial charge in [0, 0.05) is 20.1 Å². The zero-order chi connectivity index (χ0) is 12.4. The van der Waals surface area contributed by atoms with Gasteiger partial charge in [-0.25, -0.2) is 0 Å². The van der Waals surface area contributed by atoms with Crippen LogP contribution in [0.25, 0.3) is 0 Å². The minimum absolute atomic E-state index is 0.0826. The Bertz CT molecular complexity index is 222. The van der Waals surface area contributed by atoms with Crippen LogP contribution in [0.4, 0.5) is 0 Å². The van der Waals surface area contributed by atoms with Gasteiger partial charge < -0.3 is 15.8 Å². The predicted molar refractivity (Wildman–Crippen MR) is 69.4 cm³/mol. The van der Waals surface area contributed by atoms with Gasteiger partial charge in [0.05, 0.1) is 11.1 Å². The first kappa shape index (κ1) is 15.3. The van der Waals surface area contributed by atoms with Gasteiger partial charge in [-0.2, -0.15) is 0 Å². The maximum atomic E-state index is 11.3. The summed E-state index contributed by atoms with van der Waals surface area (Å²) < 4.78 is 5.06. The third-order valence-corrected chi connectivity index (χ3v) is 2.56. The third-order valence-electron chi connectivity index (χ3n) is 2.35. The van der Waals surface area contributed by atoms with E-state index in [0.29, 0.717) is 18.0 Å². The average Bonchev–Trinajstić information content (AvgIpc) is 2.24. The molecule has 0 aliphatic heterocycles. The van der Waals surface area contributed by atoms with Crippen LogP contribution in [-0.4, -0.2) is 30.7 Å². The zero-order valence-corrected chi connectivity index (χ0v) is 10.9. The molecule has 94 valence electrons. The Kier molecular flexibility index (Phi) is 9.13. The highest BCUT2D eigenvalue weighted by molar-refractivity contribution is 7.80. The number of carbonyl (C=O) groups is 1. The number of carbonyl (C=O) groups excluding carboxylic acids is 1. The smallest absolute Gasteiger partial charge is 0.220 e. The lowest BCUT2D eigenvalue weighted by molar-refractivity contribution is -0.121. The van der Waals surface area contributed by atoms with Gasteiger partial charge in [0.25, 0.3) is 0 Å². The molecule has 0 fully saturated rings. The molecular weight excluding hydrogens is 224 g/mol. The molecule has 0 saturated heterocycles. The molecule has 16 heavy (non-hydrogen) atoms. The van der Waals surface area contributed by atoms with Crippen molar-refractivity contribution >= 4 is 23.1 Å². The molecule has 0 aromatic rings. The van der Waals surface area contributed by atoms with Gasteiger partial charge in [-0.05, 0) is 32.6 Å². The van der Waals surface area contributed by atoms with E-state index in [9.17, 15) is 4.79 Å². The molecule has 0 aliphatic carbocycles. The summed E-state index contributed by atoms with van der Waals surface area (Å²) in [6.45, 7) is 2.65. The maximum Gasteiger partial charge on any atom is 0.220 e. The van der Waals surface area contributed by atoms with Crippen molar-refractivity contribution in [1.82, 2.24) is 5.32 Å². The van der Waals surface area contributed by atoms with E-state index in [-0.39, 0.29) is 12.0 Å². The SMILES string of the molecule is COC(C)CCC(=O)NCCCCC(N)=S. The minimum atomic E-state index is 0.0826. The van der Waals surface area contributed by atoms with Crippen LogP contribution in [0, 0.1) is 0 Å². The van der Waals surface area contributed by atoms with E-state index in [1.807, 2.05) is 6.92 Å². The molecule has 0 aromatic carbocycles. The van der Waals surface area contributed by atoms with Crippen molar-refractivity contribution in [2.45, 2.75) is 45.1 Å². The second-order valence-electron chi connectivity index (χ2n) is 3.86. The summed E-state index contributed by atoms with van der Waals surface area (Å²) >= 11 is 4.76. The molecule has 0 saturated carbocycles. The minimum Gasteiger partial charge on any atom is -0.393 e. The summed E-state index contributed by atoms with van der Waals surface area (Å²) in [6, 6.07) is 0. The van der Waals surface area contributed by atoms with Crippen LogP contribution in [0.2, 0.25) is 0 Å². The van der Waals surface area contributed by atoms with Gasteiger partial charge in [-0.1, -0.05) is 12.2 Å². The number of hydrogen-bond acceptors (Lipinski definition) is 3.